The summed E-state index contributed by atoms with van der Waals surface area (Å²) in [7, 11) is 0. The van der Waals surface area contributed by atoms with Crippen molar-refractivity contribution in [3.05, 3.63) is 11.7 Å². The molecule has 0 saturated carbocycles. The standard InChI is InChI=1S/C7F11NS/c8-3(9)2(5(11,12)13)4(10,19-1-20)6(14,15)7(16,17)18. The summed E-state index contributed by atoms with van der Waals surface area (Å²) in [5, 5.41) is 0.480. The van der Waals surface area contributed by atoms with Gasteiger partial charge >= 0.3 is 24.1 Å². The molecule has 0 saturated heterocycles. The van der Waals surface area contributed by atoms with Gasteiger partial charge in [0.1, 0.15) is 0 Å². The molecule has 0 aromatic carbocycles. The number of alkyl halides is 9. The molecular weight excluding hydrogens is 339 g/mol. The Bertz CT molecular complexity index is 450. The van der Waals surface area contributed by atoms with Crippen LogP contribution in [-0.4, -0.2) is 29.2 Å². The average molecular weight is 339 g/mol. The van der Waals surface area contributed by atoms with Gasteiger partial charge in [0.15, 0.2) is 5.57 Å². The van der Waals surface area contributed by atoms with Crippen molar-refractivity contribution in [1.29, 1.82) is 0 Å². The molecule has 1 unspecified atom stereocenters. The highest BCUT2D eigenvalue weighted by Crippen LogP contribution is 2.54. The van der Waals surface area contributed by atoms with Gasteiger partial charge in [-0.2, -0.15) is 48.9 Å². The predicted octanol–water partition coefficient (Wildman–Crippen LogP) is 4.67. The Labute approximate surface area is 107 Å². The SMILES string of the molecule is FC(F)=C(C(F)(F)F)C(F)(N=C=S)C(F)(F)C(F)(F)F. The average Bonchev–Trinajstić information content (AvgIpc) is 2.12. The highest BCUT2D eigenvalue weighted by molar-refractivity contribution is 7.78. The molecule has 1 nitrogen and oxygen atoms in total. The number of hydrogen-bond acceptors (Lipinski definition) is 2. The molecule has 1 atom stereocenters. The second-order valence-electron chi connectivity index (χ2n) is 3.03. The van der Waals surface area contributed by atoms with Crippen LogP contribution in [0.3, 0.4) is 0 Å². The minimum atomic E-state index is -6.94. The Morgan fingerprint density at radius 2 is 1.25 bits per heavy atom. The Kier molecular flexibility index (Phi) is 4.95. The van der Waals surface area contributed by atoms with Crippen molar-refractivity contribution in [2.45, 2.75) is 24.1 Å². The van der Waals surface area contributed by atoms with Crippen LogP contribution >= 0.6 is 12.2 Å². The van der Waals surface area contributed by atoms with Gasteiger partial charge in [0.2, 0.25) is 0 Å². The Balaban J connectivity index is 6.55. The van der Waals surface area contributed by atoms with Gasteiger partial charge in [0.05, 0.1) is 5.16 Å². The van der Waals surface area contributed by atoms with E-state index in [2.05, 4.69) is 12.2 Å². The monoisotopic (exact) mass is 339 g/mol. The highest BCUT2D eigenvalue weighted by atomic mass is 32.1. The lowest BCUT2D eigenvalue weighted by atomic mass is 9.97. The van der Waals surface area contributed by atoms with Crippen molar-refractivity contribution in [3.8, 4) is 0 Å². The lowest BCUT2D eigenvalue weighted by Crippen LogP contribution is -2.56. The molecule has 0 aliphatic carbocycles. The highest BCUT2D eigenvalue weighted by Gasteiger charge is 2.77. The first kappa shape index (κ1) is 18.8. The van der Waals surface area contributed by atoms with Crippen LogP contribution in [0.4, 0.5) is 48.3 Å². The molecule has 20 heavy (non-hydrogen) atoms. The third-order valence-electron chi connectivity index (χ3n) is 1.78. The molecule has 0 aromatic rings. The first-order valence-corrected chi connectivity index (χ1v) is 4.39. The third-order valence-corrected chi connectivity index (χ3v) is 1.87. The Hall–Kier alpha value is -1.23. The van der Waals surface area contributed by atoms with Gasteiger partial charge in [-0.15, -0.1) is 0 Å². The molecule has 0 aromatic heterocycles. The van der Waals surface area contributed by atoms with E-state index in [9.17, 15) is 48.3 Å². The Morgan fingerprint density at radius 1 is 0.850 bits per heavy atom. The molecule has 0 radical (unpaired) electrons. The van der Waals surface area contributed by atoms with E-state index in [1.165, 1.54) is 4.99 Å². The number of aliphatic imine (C=N–C) groups is 1. The zero-order valence-electron chi connectivity index (χ0n) is 8.51. The molecular formula is C7F11NS. The lowest BCUT2D eigenvalue weighted by molar-refractivity contribution is -0.324. The van der Waals surface area contributed by atoms with Crippen molar-refractivity contribution >= 4 is 17.4 Å². The molecule has 0 aliphatic heterocycles. The van der Waals surface area contributed by atoms with Gasteiger partial charge < -0.3 is 0 Å². The molecule has 0 heterocycles. The number of halogens is 11. The number of isothiocyanates is 1. The zero-order valence-corrected chi connectivity index (χ0v) is 9.33. The van der Waals surface area contributed by atoms with Crippen LogP contribution in [-0.2, 0) is 0 Å². The molecule has 0 spiro atoms. The summed E-state index contributed by atoms with van der Waals surface area (Å²) in [4.78, 5) is 1.35. The summed E-state index contributed by atoms with van der Waals surface area (Å²) in [6.07, 6.45) is -17.7. The first-order valence-electron chi connectivity index (χ1n) is 3.98. The maximum atomic E-state index is 13.5. The quantitative estimate of drug-likeness (QED) is 0.315. The minimum absolute atomic E-state index is 0.480. The topological polar surface area (TPSA) is 12.4 Å². The van der Waals surface area contributed by atoms with Gasteiger partial charge in [-0.05, 0) is 12.2 Å². The van der Waals surface area contributed by atoms with Crippen molar-refractivity contribution < 1.29 is 48.3 Å². The van der Waals surface area contributed by atoms with E-state index in [-0.39, 0.29) is 0 Å². The van der Waals surface area contributed by atoms with Crippen molar-refractivity contribution in [3.63, 3.8) is 0 Å². The smallest absolute Gasteiger partial charge is 0.204 e. The van der Waals surface area contributed by atoms with E-state index in [1.54, 1.807) is 0 Å². The van der Waals surface area contributed by atoms with Crippen LogP contribution < -0.4 is 0 Å². The van der Waals surface area contributed by atoms with Crippen LogP contribution in [0.1, 0.15) is 0 Å². The van der Waals surface area contributed by atoms with Crippen LogP contribution in [0.2, 0.25) is 0 Å². The van der Waals surface area contributed by atoms with Crippen molar-refractivity contribution in [1.82, 2.24) is 0 Å². The van der Waals surface area contributed by atoms with E-state index < -0.39 is 35.7 Å². The van der Waals surface area contributed by atoms with Gasteiger partial charge in [-0.1, -0.05) is 0 Å². The van der Waals surface area contributed by atoms with Crippen LogP contribution in [0, 0.1) is 0 Å². The van der Waals surface area contributed by atoms with E-state index in [1.807, 2.05) is 0 Å². The maximum absolute atomic E-state index is 13.5. The van der Waals surface area contributed by atoms with Gasteiger partial charge in [-0.3, -0.25) is 0 Å². The summed E-state index contributed by atoms with van der Waals surface area (Å²) >= 11 is 3.43. The lowest BCUT2D eigenvalue weighted by Gasteiger charge is -2.32. The van der Waals surface area contributed by atoms with E-state index in [0.717, 1.165) is 0 Å². The van der Waals surface area contributed by atoms with Crippen LogP contribution in [0.5, 0.6) is 0 Å². The summed E-state index contributed by atoms with van der Waals surface area (Å²) in [5.74, 6) is -13.1. The van der Waals surface area contributed by atoms with E-state index >= 15 is 0 Å². The van der Waals surface area contributed by atoms with Gasteiger partial charge in [0, 0.05) is 0 Å². The second kappa shape index (κ2) is 5.28. The number of hydrogen-bond donors (Lipinski definition) is 0. The minimum Gasteiger partial charge on any atom is -0.204 e. The molecule has 116 valence electrons. The summed E-state index contributed by atoms with van der Waals surface area (Å²) in [5.41, 5.74) is -4.11. The molecule has 0 rings (SSSR count). The van der Waals surface area contributed by atoms with Gasteiger partial charge in [0.25, 0.3) is 6.08 Å². The summed E-state index contributed by atoms with van der Waals surface area (Å²) in [6, 6.07) is 0. The zero-order chi connectivity index (χ0) is 16.6. The largest absolute Gasteiger partial charge is 0.459 e. The fraction of sp³-hybridized carbons (Fsp3) is 0.571. The molecule has 0 fully saturated rings. The fourth-order valence-electron chi connectivity index (χ4n) is 0.954. The van der Waals surface area contributed by atoms with Crippen molar-refractivity contribution in [2.24, 2.45) is 4.99 Å². The third kappa shape index (κ3) is 3.08. The predicted molar refractivity (Wildman–Crippen MR) is 45.2 cm³/mol. The van der Waals surface area contributed by atoms with Gasteiger partial charge in [-0.25, -0.2) is 4.39 Å². The molecule has 0 N–H and O–H groups in total. The summed E-state index contributed by atoms with van der Waals surface area (Å²) < 4.78 is 135. The van der Waals surface area contributed by atoms with Crippen LogP contribution in [0.25, 0.3) is 0 Å². The fourth-order valence-corrected chi connectivity index (χ4v) is 1.08. The first-order chi connectivity index (χ1) is 8.63. The normalized spacial score (nSPS) is 16.1. The molecule has 13 heteroatoms. The number of nitrogens with zero attached hydrogens (tertiary/aromatic N) is 1. The number of thiocarbonyl (C=S) groups is 1. The molecule has 0 bridgehead atoms. The second-order valence-corrected chi connectivity index (χ2v) is 3.21. The van der Waals surface area contributed by atoms with E-state index in [0.29, 0.717) is 5.16 Å². The van der Waals surface area contributed by atoms with Crippen molar-refractivity contribution in [2.75, 3.05) is 0 Å². The maximum Gasteiger partial charge on any atom is 0.459 e. The molecule has 0 aliphatic rings. The Morgan fingerprint density at radius 3 is 1.45 bits per heavy atom. The molecule has 0 amide bonds. The van der Waals surface area contributed by atoms with E-state index in [4.69, 9.17) is 0 Å². The number of rotatable bonds is 3. The van der Waals surface area contributed by atoms with Crippen LogP contribution in [0.15, 0.2) is 16.6 Å². The summed E-state index contributed by atoms with van der Waals surface area (Å²) in [6.45, 7) is 0.